The number of hydrogen-bond acceptors (Lipinski definition) is 3. The molecule has 3 unspecified atom stereocenters. The third-order valence-corrected chi connectivity index (χ3v) is 4.37. The van der Waals surface area contributed by atoms with Crippen molar-refractivity contribution in [3.05, 3.63) is 0 Å². The van der Waals surface area contributed by atoms with Crippen molar-refractivity contribution in [2.75, 3.05) is 18.1 Å². The Balaban J connectivity index is 1.62. The zero-order valence-electron chi connectivity index (χ0n) is 8.17. The highest BCUT2D eigenvalue weighted by atomic mass is 32.2. The van der Waals surface area contributed by atoms with Gasteiger partial charge in [0.05, 0.1) is 0 Å². The van der Waals surface area contributed by atoms with Gasteiger partial charge >= 0.3 is 0 Å². The van der Waals surface area contributed by atoms with Crippen molar-refractivity contribution >= 4 is 11.8 Å². The molecule has 1 heterocycles. The molecule has 1 saturated heterocycles. The van der Waals surface area contributed by atoms with Gasteiger partial charge in [-0.3, -0.25) is 0 Å². The van der Waals surface area contributed by atoms with Crippen LogP contribution in [0.2, 0.25) is 0 Å². The first-order valence-corrected chi connectivity index (χ1v) is 6.57. The highest BCUT2D eigenvalue weighted by Gasteiger charge is 2.23. The molecule has 0 aromatic heterocycles. The van der Waals surface area contributed by atoms with Crippen LogP contribution in [0.3, 0.4) is 0 Å². The molecule has 1 aliphatic heterocycles. The van der Waals surface area contributed by atoms with E-state index in [1.807, 2.05) is 0 Å². The smallest absolute Gasteiger partial charge is 0.0166 e. The Kier molecular flexibility index (Phi) is 3.52. The maximum Gasteiger partial charge on any atom is 0.0166 e. The second kappa shape index (κ2) is 4.67. The van der Waals surface area contributed by atoms with E-state index >= 15 is 0 Å². The van der Waals surface area contributed by atoms with Crippen LogP contribution in [0.1, 0.15) is 25.7 Å². The number of nitrogens with one attached hydrogen (secondary N) is 1. The van der Waals surface area contributed by atoms with Gasteiger partial charge in [-0.05, 0) is 43.9 Å². The minimum Gasteiger partial charge on any atom is -0.328 e. The van der Waals surface area contributed by atoms with Crippen LogP contribution in [-0.4, -0.2) is 30.1 Å². The predicted molar refractivity (Wildman–Crippen MR) is 59.0 cm³/mol. The van der Waals surface area contributed by atoms with E-state index in [0.717, 1.165) is 12.0 Å². The molecule has 76 valence electrons. The van der Waals surface area contributed by atoms with Crippen LogP contribution in [0.15, 0.2) is 0 Å². The summed E-state index contributed by atoms with van der Waals surface area (Å²) in [7, 11) is 0. The first-order chi connectivity index (χ1) is 6.34. The normalized spacial score (nSPS) is 39.9. The number of thioether (sulfide) groups is 1. The van der Waals surface area contributed by atoms with Gasteiger partial charge in [0.2, 0.25) is 0 Å². The van der Waals surface area contributed by atoms with Crippen LogP contribution in [-0.2, 0) is 0 Å². The van der Waals surface area contributed by atoms with Gasteiger partial charge in [-0.2, -0.15) is 11.8 Å². The van der Waals surface area contributed by atoms with Crippen molar-refractivity contribution in [1.82, 2.24) is 5.32 Å². The largest absolute Gasteiger partial charge is 0.328 e. The van der Waals surface area contributed by atoms with E-state index in [1.54, 1.807) is 0 Å². The van der Waals surface area contributed by atoms with E-state index in [4.69, 9.17) is 5.73 Å². The summed E-state index contributed by atoms with van der Waals surface area (Å²) in [6.45, 7) is 1.21. The number of nitrogens with two attached hydrogens (primary N) is 1. The Hall–Kier alpha value is 0.270. The first-order valence-electron chi connectivity index (χ1n) is 5.41. The van der Waals surface area contributed by atoms with Crippen molar-refractivity contribution < 1.29 is 0 Å². The van der Waals surface area contributed by atoms with Gasteiger partial charge < -0.3 is 11.1 Å². The summed E-state index contributed by atoms with van der Waals surface area (Å²) in [6, 6.07) is 1.28. The van der Waals surface area contributed by atoms with E-state index in [-0.39, 0.29) is 0 Å². The lowest BCUT2D eigenvalue weighted by Gasteiger charge is -2.15. The van der Waals surface area contributed by atoms with Crippen LogP contribution in [0.25, 0.3) is 0 Å². The van der Waals surface area contributed by atoms with E-state index in [0.29, 0.717) is 6.04 Å². The van der Waals surface area contributed by atoms with E-state index in [9.17, 15) is 0 Å². The van der Waals surface area contributed by atoms with Crippen molar-refractivity contribution in [1.29, 1.82) is 0 Å². The van der Waals surface area contributed by atoms with Gasteiger partial charge in [0.1, 0.15) is 0 Å². The molecule has 0 radical (unpaired) electrons. The molecule has 1 saturated carbocycles. The summed E-state index contributed by atoms with van der Waals surface area (Å²) in [5.74, 6) is 3.53. The lowest BCUT2D eigenvalue weighted by atomic mass is 10.1. The standard InChI is InChI=1S/C10H20N2S/c11-9-2-1-8(5-9)6-12-10-3-4-13-7-10/h8-10,12H,1-7,11H2. The summed E-state index contributed by atoms with van der Waals surface area (Å²) in [4.78, 5) is 0. The molecule has 0 aromatic carbocycles. The minimum absolute atomic E-state index is 0.491. The van der Waals surface area contributed by atoms with Crippen LogP contribution in [0.4, 0.5) is 0 Å². The molecule has 2 fully saturated rings. The molecule has 0 spiro atoms. The fourth-order valence-corrected chi connectivity index (χ4v) is 3.51. The minimum atomic E-state index is 0.491. The topological polar surface area (TPSA) is 38.0 Å². The van der Waals surface area contributed by atoms with Crippen molar-refractivity contribution in [3.8, 4) is 0 Å². The first kappa shape index (κ1) is 9.81. The van der Waals surface area contributed by atoms with E-state index in [2.05, 4.69) is 17.1 Å². The molecular weight excluding hydrogens is 180 g/mol. The second-order valence-electron chi connectivity index (χ2n) is 4.41. The SMILES string of the molecule is NC1CCC(CNC2CCSC2)C1. The molecule has 0 bridgehead atoms. The Morgan fingerprint density at radius 3 is 2.85 bits per heavy atom. The zero-order valence-corrected chi connectivity index (χ0v) is 8.98. The Bertz CT molecular complexity index is 157. The van der Waals surface area contributed by atoms with Crippen molar-refractivity contribution in [3.63, 3.8) is 0 Å². The molecule has 1 aliphatic carbocycles. The molecule has 2 aliphatic rings. The monoisotopic (exact) mass is 200 g/mol. The lowest BCUT2D eigenvalue weighted by molar-refractivity contribution is 0.444. The Morgan fingerprint density at radius 1 is 1.31 bits per heavy atom. The molecule has 3 heteroatoms. The van der Waals surface area contributed by atoms with Gasteiger partial charge in [0.15, 0.2) is 0 Å². The summed E-state index contributed by atoms with van der Waals surface area (Å²) in [5.41, 5.74) is 5.88. The fourth-order valence-electron chi connectivity index (χ4n) is 2.33. The summed E-state index contributed by atoms with van der Waals surface area (Å²) in [5, 5.41) is 3.67. The van der Waals surface area contributed by atoms with Gasteiger partial charge in [-0.15, -0.1) is 0 Å². The number of rotatable bonds is 3. The van der Waals surface area contributed by atoms with Crippen LogP contribution < -0.4 is 11.1 Å². The van der Waals surface area contributed by atoms with Gasteiger partial charge in [0.25, 0.3) is 0 Å². The summed E-state index contributed by atoms with van der Waals surface area (Å²) >= 11 is 2.08. The van der Waals surface area contributed by atoms with Crippen LogP contribution in [0.5, 0.6) is 0 Å². The molecule has 0 amide bonds. The van der Waals surface area contributed by atoms with Gasteiger partial charge in [0, 0.05) is 17.8 Å². The quantitative estimate of drug-likeness (QED) is 0.719. The fraction of sp³-hybridized carbons (Fsp3) is 1.00. The average Bonchev–Trinajstić information content (AvgIpc) is 2.71. The molecule has 3 N–H and O–H groups in total. The van der Waals surface area contributed by atoms with E-state index in [1.165, 1.54) is 43.7 Å². The second-order valence-corrected chi connectivity index (χ2v) is 5.56. The molecule has 2 rings (SSSR count). The zero-order chi connectivity index (χ0) is 9.10. The maximum atomic E-state index is 5.88. The van der Waals surface area contributed by atoms with Gasteiger partial charge in [-0.1, -0.05) is 0 Å². The average molecular weight is 200 g/mol. The van der Waals surface area contributed by atoms with Crippen molar-refractivity contribution in [2.24, 2.45) is 11.7 Å². The summed E-state index contributed by atoms with van der Waals surface area (Å²) < 4.78 is 0. The maximum absolute atomic E-state index is 5.88. The molecule has 2 nitrogen and oxygen atoms in total. The Labute approximate surface area is 85.0 Å². The van der Waals surface area contributed by atoms with Crippen LogP contribution >= 0.6 is 11.8 Å². The molecule has 3 atom stereocenters. The number of hydrogen-bond donors (Lipinski definition) is 2. The van der Waals surface area contributed by atoms with Crippen molar-refractivity contribution in [2.45, 2.75) is 37.8 Å². The molecular formula is C10H20N2S. The van der Waals surface area contributed by atoms with E-state index < -0.39 is 0 Å². The predicted octanol–water partition coefficient (Wildman–Crippen LogP) is 1.21. The summed E-state index contributed by atoms with van der Waals surface area (Å²) in [6.07, 6.45) is 5.19. The Morgan fingerprint density at radius 2 is 2.23 bits per heavy atom. The molecule has 0 aromatic rings. The highest BCUT2D eigenvalue weighted by Crippen LogP contribution is 2.24. The third kappa shape index (κ3) is 2.86. The molecule has 13 heavy (non-hydrogen) atoms. The third-order valence-electron chi connectivity index (χ3n) is 3.21. The lowest BCUT2D eigenvalue weighted by Crippen LogP contribution is -2.33. The van der Waals surface area contributed by atoms with Crippen LogP contribution in [0, 0.1) is 5.92 Å². The highest BCUT2D eigenvalue weighted by molar-refractivity contribution is 7.99. The van der Waals surface area contributed by atoms with Gasteiger partial charge in [-0.25, -0.2) is 0 Å².